The van der Waals surface area contributed by atoms with Crippen LogP contribution in [0.25, 0.3) is 4.96 Å². The third kappa shape index (κ3) is 2.98. The van der Waals surface area contributed by atoms with Gasteiger partial charge in [0.1, 0.15) is 0 Å². The highest BCUT2D eigenvalue weighted by Crippen LogP contribution is 2.27. The maximum absolute atomic E-state index is 4.58. The second-order valence-corrected chi connectivity index (χ2v) is 6.53. The number of aryl methyl sites for hydroxylation is 1. The number of aromatic nitrogens is 3. The van der Waals surface area contributed by atoms with Crippen LogP contribution in [-0.4, -0.2) is 14.6 Å². The van der Waals surface area contributed by atoms with Gasteiger partial charge in [-0.1, -0.05) is 66.8 Å². The Labute approximate surface area is 120 Å². The summed E-state index contributed by atoms with van der Waals surface area (Å²) in [5.41, 5.74) is 2.47. The Kier molecular flexibility index (Phi) is 3.84. The first-order chi connectivity index (χ1) is 9.35. The van der Waals surface area contributed by atoms with Crippen molar-refractivity contribution in [2.24, 2.45) is 0 Å². The quantitative estimate of drug-likeness (QED) is 0.664. The number of nitrogens with zero attached hydrogens (tertiary/aromatic N) is 3. The molecule has 19 heavy (non-hydrogen) atoms. The van der Waals surface area contributed by atoms with E-state index in [4.69, 9.17) is 0 Å². The van der Waals surface area contributed by atoms with Crippen molar-refractivity contribution < 1.29 is 0 Å². The molecule has 0 saturated carbocycles. The summed E-state index contributed by atoms with van der Waals surface area (Å²) in [6, 6.07) is 10.5. The van der Waals surface area contributed by atoms with E-state index in [-0.39, 0.29) is 0 Å². The van der Waals surface area contributed by atoms with Gasteiger partial charge in [-0.3, -0.25) is 0 Å². The van der Waals surface area contributed by atoms with E-state index in [9.17, 15) is 0 Å². The summed E-state index contributed by atoms with van der Waals surface area (Å²) in [6.45, 7) is 2.17. The molecule has 0 aliphatic heterocycles. The largest absolute Gasteiger partial charge is 0.223 e. The molecule has 0 amide bonds. The molecule has 0 spiro atoms. The molecule has 3 rings (SSSR count). The molecular weight excluding hydrogens is 274 g/mol. The van der Waals surface area contributed by atoms with E-state index in [1.807, 2.05) is 16.8 Å². The van der Waals surface area contributed by atoms with E-state index in [2.05, 4.69) is 41.3 Å². The fourth-order valence-corrected chi connectivity index (χ4v) is 3.78. The second kappa shape index (κ2) is 5.75. The van der Waals surface area contributed by atoms with Gasteiger partial charge in [-0.2, -0.15) is 0 Å². The minimum atomic E-state index is 0.958. The molecule has 0 unspecified atom stereocenters. The highest BCUT2D eigenvalue weighted by molar-refractivity contribution is 8.00. The summed E-state index contributed by atoms with van der Waals surface area (Å²) < 4.78 is 2.98. The van der Waals surface area contributed by atoms with Gasteiger partial charge >= 0.3 is 0 Å². The monoisotopic (exact) mass is 289 g/mol. The molecule has 0 bridgehead atoms. The van der Waals surface area contributed by atoms with Crippen LogP contribution in [0.2, 0.25) is 0 Å². The lowest BCUT2D eigenvalue weighted by atomic mass is 10.2. The smallest absolute Gasteiger partial charge is 0.213 e. The number of imidazole rings is 1. The van der Waals surface area contributed by atoms with Crippen LogP contribution in [0.15, 0.2) is 40.9 Å². The number of hydrogen-bond donors (Lipinski definition) is 0. The topological polar surface area (TPSA) is 30.2 Å². The van der Waals surface area contributed by atoms with Gasteiger partial charge in [-0.15, -0.1) is 5.10 Å². The summed E-state index contributed by atoms with van der Waals surface area (Å²) in [6.07, 6.45) is 4.20. The zero-order chi connectivity index (χ0) is 13.1. The molecular formula is C14H15N3S2. The second-order valence-electron chi connectivity index (χ2n) is 4.35. The van der Waals surface area contributed by atoms with Crippen LogP contribution in [0.4, 0.5) is 0 Å². The molecule has 0 aliphatic rings. The Balaban J connectivity index is 1.70. The van der Waals surface area contributed by atoms with Crippen molar-refractivity contribution in [2.45, 2.75) is 29.9 Å². The first-order valence-corrected chi connectivity index (χ1v) is 8.17. The molecule has 3 nitrogen and oxygen atoms in total. The first-order valence-electron chi connectivity index (χ1n) is 6.37. The minimum absolute atomic E-state index is 0.958. The van der Waals surface area contributed by atoms with Gasteiger partial charge in [0.25, 0.3) is 0 Å². The number of fused-ring (bicyclic) bond motifs is 1. The van der Waals surface area contributed by atoms with Gasteiger partial charge in [0.2, 0.25) is 4.96 Å². The van der Waals surface area contributed by atoms with Crippen LogP contribution in [0, 0.1) is 0 Å². The lowest BCUT2D eigenvalue weighted by molar-refractivity contribution is 0.876. The minimum Gasteiger partial charge on any atom is -0.223 e. The van der Waals surface area contributed by atoms with Gasteiger partial charge in [0, 0.05) is 5.75 Å². The molecule has 2 aromatic heterocycles. The number of rotatable bonds is 5. The molecule has 5 heteroatoms. The van der Waals surface area contributed by atoms with Gasteiger partial charge < -0.3 is 0 Å². The van der Waals surface area contributed by atoms with Crippen molar-refractivity contribution in [1.82, 2.24) is 14.6 Å². The molecule has 98 valence electrons. The number of benzene rings is 1. The van der Waals surface area contributed by atoms with Crippen molar-refractivity contribution in [3.05, 3.63) is 47.8 Å². The van der Waals surface area contributed by atoms with Crippen LogP contribution in [0.1, 0.15) is 24.6 Å². The van der Waals surface area contributed by atoms with Gasteiger partial charge in [0.05, 0.1) is 11.9 Å². The highest BCUT2D eigenvalue weighted by atomic mass is 32.2. The normalized spacial score (nSPS) is 11.2. The highest BCUT2D eigenvalue weighted by Gasteiger charge is 2.08. The Hall–Kier alpha value is -1.33. The first kappa shape index (κ1) is 12.7. The van der Waals surface area contributed by atoms with E-state index in [1.54, 1.807) is 23.1 Å². The van der Waals surface area contributed by atoms with Crippen LogP contribution in [0.5, 0.6) is 0 Å². The predicted molar refractivity (Wildman–Crippen MR) is 80.9 cm³/mol. The summed E-state index contributed by atoms with van der Waals surface area (Å²) in [4.78, 5) is 5.58. The Morgan fingerprint density at radius 3 is 2.84 bits per heavy atom. The van der Waals surface area contributed by atoms with Crippen molar-refractivity contribution in [3.8, 4) is 0 Å². The maximum atomic E-state index is 4.58. The van der Waals surface area contributed by atoms with E-state index >= 15 is 0 Å². The predicted octanol–water partition coefficient (Wildman–Crippen LogP) is 4.04. The lowest BCUT2D eigenvalue weighted by Crippen LogP contribution is -1.84. The van der Waals surface area contributed by atoms with E-state index < -0.39 is 0 Å². The van der Waals surface area contributed by atoms with Crippen LogP contribution < -0.4 is 0 Å². The number of hydrogen-bond acceptors (Lipinski definition) is 4. The van der Waals surface area contributed by atoms with Crippen LogP contribution in [0.3, 0.4) is 0 Å². The zero-order valence-electron chi connectivity index (χ0n) is 10.7. The van der Waals surface area contributed by atoms with Crippen molar-refractivity contribution in [1.29, 1.82) is 0 Å². The molecule has 0 radical (unpaired) electrons. The van der Waals surface area contributed by atoms with E-state index in [1.165, 1.54) is 5.56 Å². The van der Waals surface area contributed by atoms with E-state index in [0.29, 0.717) is 0 Å². The average Bonchev–Trinajstić information content (AvgIpc) is 2.96. The van der Waals surface area contributed by atoms with E-state index in [0.717, 1.165) is 33.6 Å². The molecule has 0 saturated heterocycles. The standard InChI is InChI=1S/C14H15N3S2/c1-2-6-12-9-17-13(15-12)19-14(16-17)18-10-11-7-4-3-5-8-11/h3-5,7-9H,2,6,10H2,1H3. The Morgan fingerprint density at radius 1 is 1.26 bits per heavy atom. The SMILES string of the molecule is CCCc1cn2nc(SCc3ccccc3)sc2n1. The fraction of sp³-hybridized carbons (Fsp3) is 0.286. The van der Waals surface area contributed by atoms with Crippen molar-refractivity contribution in [3.63, 3.8) is 0 Å². The molecule has 3 aromatic rings. The summed E-state index contributed by atoms with van der Waals surface area (Å²) in [5.74, 6) is 0.958. The Bertz CT molecular complexity index is 626. The Morgan fingerprint density at radius 2 is 2.11 bits per heavy atom. The lowest BCUT2D eigenvalue weighted by Gasteiger charge is -1.96. The fourth-order valence-electron chi connectivity index (χ4n) is 1.88. The van der Waals surface area contributed by atoms with Crippen molar-refractivity contribution >= 4 is 28.1 Å². The average molecular weight is 289 g/mol. The zero-order valence-corrected chi connectivity index (χ0v) is 12.4. The summed E-state index contributed by atoms with van der Waals surface area (Å²) in [5, 5.41) is 4.57. The van der Waals surface area contributed by atoms with Gasteiger partial charge in [0.15, 0.2) is 4.34 Å². The van der Waals surface area contributed by atoms with Crippen LogP contribution >= 0.6 is 23.1 Å². The van der Waals surface area contributed by atoms with Gasteiger partial charge in [-0.25, -0.2) is 9.50 Å². The molecule has 1 aromatic carbocycles. The summed E-state index contributed by atoms with van der Waals surface area (Å²) in [7, 11) is 0. The third-order valence-corrected chi connectivity index (χ3v) is 4.91. The van der Waals surface area contributed by atoms with Crippen LogP contribution in [-0.2, 0) is 12.2 Å². The summed E-state index contributed by atoms with van der Waals surface area (Å²) >= 11 is 3.44. The molecule has 2 heterocycles. The maximum Gasteiger partial charge on any atom is 0.213 e. The molecule has 0 aliphatic carbocycles. The number of thioether (sulfide) groups is 1. The molecule has 0 atom stereocenters. The van der Waals surface area contributed by atoms with Gasteiger partial charge in [-0.05, 0) is 12.0 Å². The third-order valence-electron chi connectivity index (χ3n) is 2.79. The molecule has 0 N–H and O–H groups in total. The molecule has 0 fully saturated rings. The van der Waals surface area contributed by atoms with Crippen molar-refractivity contribution in [2.75, 3.05) is 0 Å².